The highest BCUT2D eigenvalue weighted by atomic mass is 32.2. The minimum absolute atomic E-state index is 0.0147. The number of carbonyl (C=O) groups is 1. The van der Waals surface area contributed by atoms with E-state index in [-0.39, 0.29) is 17.6 Å². The van der Waals surface area contributed by atoms with Crippen LogP contribution in [0.15, 0.2) is 59.5 Å². The molecular formula is C22H28N2O3S2. The first-order chi connectivity index (χ1) is 13.9. The molecule has 2 aromatic rings. The van der Waals surface area contributed by atoms with E-state index in [1.807, 2.05) is 49.4 Å². The van der Waals surface area contributed by atoms with Crippen molar-refractivity contribution < 1.29 is 13.2 Å². The molecule has 1 aliphatic heterocycles. The van der Waals surface area contributed by atoms with Crippen molar-refractivity contribution in [2.75, 3.05) is 25.4 Å². The third-order valence-corrected chi connectivity index (χ3v) is 7.96. The van der Waals surface area contributed by atoms with Crippen LogP contribution in [-0.4, -0.2) is 44.0 Å². The highest BCUT2D eigenvalue weighted by molar-refractivity contribution is 7.99. The summed E-state index contributed by atoms with van der Waals surface area (Å²) in [5.41, 5.74) is 1.91. The number of piperidine rings is 1. The quantitative estimate of drug-likeness (QED) is 0.513. The highest BCUT2D eigenvalue weighted by Gasteiger charge is 2.31. The Morgan fingerprint density at radius 2 is 1.72 bits per heavy atom. The summed E-state index contributed by atoms with van der Waals surface area (Å²) in [6.07, 6.45) is 1.15. The number of carbonyl (C=O) groups excluding carboxylic acids is 1. The fourth-order valence-corrected chi connectivity index (χ4v) is 5.74. The Morgan fingerprint density at radius 1 is 1.07 bits per heavy atom. The fraction of sp³-hybridized carbons (Fsp3) is 0.409. The molecule has 0 aliphatic carbocycles. The molecule has 5 nitrogen and oxygen atoms in total. The minimum atomic E-state index is -3.35. The molecule has 0 saturated carbocycles. The Morgan fingerprint density at radius 3 is 2.38 bits per heavy atom. The van der Waals surface area contributed by atoms with Crippen molar-refractivity contribution in [3.8, 4) is 0 Å². The van der Waals surface area contributed by atoms with Gasteiger partial charge in [-0.3, -0.25) is 4.79 Å². The van der Waals surface area contributed by atoms with E-state index in [2.05, 4.69) is 17.4 Å². The van der Waals surface area contributed by atoms with Crippen molar-refractivity contribution in [1.82, 2.24) is 9.62 Å². The number of thioether (sulfide) groups is 1. The highest BCUT2D eigenvalue weighted by Crippen LogP contribution is 2.22. The normalized spacial score (nSPS) is 15.9. The van der Waals surface area contributed by atoms with Crippen LogP contribution < -0.4 is 5.32 Å². The third kappa shape index (κ3) is 6.59. The SMILES string of the molecule is Cc1ccc(CS(=O)(=O)N2CCC(C(=O)NCCSc3ccccc3)CC2)cc1. The van der Waals surface area contributed by atoms with Crippen molar-refractivity contribution in [1.29, 1.82) is 0 Å². The number of nitrogens with one attached hydrogen (secondary N) is 1. The van der Waals surface area contributed by atoms with Crippen LogP contribution in [0.5, 0.6) is 0 Å². The maximum absolute atomic E-state index is 12.7. The molecule has 1 amide bonds. The second-order valence-corrected chi connectivity index (χ2v) is 10.5. The van der Waals surface area contributed by atoms with Crippen LogP contribution in [0.3, 0.4) is 0 Å². The number of hydrogen-bond acceptors (Lipinski definition) is 4. The summed E-state index contributed by atoms with van der Waals surface area (Å²) >= 11 is 1.71. The van der Waals surface area contributed by atoms with E-state index in [1.54, 1.807) is 11.8 Å². The van der Waals surface area contributed by atoms with Gasteiger partial charge in [-0.05, 0) is 37.5 Å². The van der Waals surface area contributed by atoms with E-state index in [4.69, 9.17) is 0 Å². The largest absolute Gasteiger partial charge is 0.355 e. The maximum Gasteiger partial charge on any atom is 0.223 e. The summed E-state index contributed by atoms with van der Waals surface area (Å²) in [6.45, 7) is 3.41. The van der Waals surface area contributed by atoms with Crippen molar-refractivity contribution in [3.63, 3.8) is 0 Å². The lowest BCUT2D eigenvalue weighted by Crippen LogP contribution is -2.43. The standard InChI is InChI=1S/C22H28N2O3S2/c1-18-7-9-19(10-8-18)17-29(26,27)24-14-11-20(12-15-24)22(25)23-13-16-28-21-5-3-2-4-6-21/h2-10,20H,11-17H2,1H3,(H,23,25). The van der Waals surface area contributed by atoms with Crippen LogP contribution >= 0.6 is 11.8 Å². The average molecular weight is 433 g/mol. The molecule has 0 atom stereocenters. The smallest absolute Gasteiger partial charge is 0.223 e. The molecule has 29 heavy (non-hydrogen) atoms. The molecule has 0 spiro atoms. The third-order valence-electron chi connectivity index (χ3n) is 5.10. The molecular weight excluding hydrogens is 404 g/mol. The van der Waals surface area contributed by atoms with Crippen LogP contribution in [0.25, 0.3) is 0 Å². The van der Waals surface area contributed by atoms with E-state index in [1.165, 1.54) is 9.20 Å². The van der Waals surface area contributed by atoms with Crippen LogP contribution in [0.4, 0.5) is 0 Å². The lowest BCUT2D eigenvalue weighted by molar-refractivity contribution is -0.125. The van der Waals surface area contributed by atoms with Crippen molar-refractivity contribution in [2.24, 2.45) is 5.92 Å². The van der Waals surface area contributed by atoms with Gasteiger partial charge in [-0.1, -0.05) is 48.0 Å². The number of nitrogens with zero attached hydrogens (tertiary/aromatic N) is 1. The van der Waals surface area contributed by atoms with Crippen molar-refractivity contribution in [2.45, 2.75) is 30.4 Å². The lowest BCUT2D eigenvalue weighted by atomic mass is 9.97. The molecule has 1 N–H and O–H groups in total. The molecule has 1 aliphatic rings. The molecule has 0 unspecified atom stereocenters. The molecule has 0 bridgehead atoms. The van der Waals surface area contributed by atoms with Gasteiger partial charge in [0.2, 0.25) is 15.9 Å². The van der Waals surface area contributed by atoms with E-state index < -0.39 is 10.0 Å². The summed E-state index contributed by atoms with van der Waals surface area (Å²) in [5, 5.41) is 2.99. The molecule has 2 aromatic carbocycles. The van der Waals surface area contributed by atoms with Gasteiger partial charge < -0.3 is 5.32 Å². The predicted octanol–water partition coefficient (Wildman–Crippen LogP) is 3.45. The van der Waals surface area contributed by atoms with Crippen molar-refractivity contribution >= 4 is 27.7 Å². The molecule has 1 fully saturated rings. The molecule has 0 aromatic heterocycles. The van der Waals surface area contributed by atoms with Gasteiger partial charge in [-0.15, -0.1) is 11.8 Å². The second-order valence-electron chi connectivity index (χ2n) is 7.37. The number of rotatable bonds is 8. The number of hydrogen-bond donors (Lipinski definition) is 1. The lowest BCUT2D eigenvalue weighted by Gasteiger charge is -2.30. The van der Waals surface area contributed by atoms with E-state index in [0.717, 1.165) is 16.9 Å². The summed E-state index contributed by atoms with van der Waals surface area (Å²) in [7, 11) is -3.35. The van der Waals surface area contributed by atoms with E-state index in [9.17, 15) is 13.2 Å². The molecule has 1 saturated heterocycles. The van der Waals surface area contributed by atoms with Gasteiger partial charge >= 0.3 is 0 Å². The van der Waals surface area contributed by atoms with E-state index >= 15 is 0 Å². The summed E-state index contributed by atoms with van der Waals surface area (Å²) in [5.74, 6) is 0.761. The monoisotopic (exact) mass is 432 g/mol. The molecule has 1 heterocycles. The van der Waals surface area contributed by atoms with Crippen LogP contribution in [0, 0.1) is 12.8 Å². The topological polar surface area (TPSA) is 66.5 Å². The molecule has 0 radical (unpaired) electrons. The first-order valence-electron chi connectivity index (χ1n) is 9.93. The van der Waals surface area contributed by atoms with Gasteiger partial charge in [-0.2, -0.15) is 0 Å². The zero-order chi connectivity index (χ0) is 20.7. The van der Waals surface area contributed by atoms with E-state index in [0.29, 0.717) is 32.5 Å². The first-order valence-corrected chi connectivity index (χ1v) is 12.5. The molecule has 3 rings (SSSR count). The zero-order valence-corrected chi connectivity index (χ0v) is 18.3. The predicted molar refractivity (Wildman–Crippen MR) is 118 cm³/mol. The van der Waals surface area contributed by atoms with Gasteiger partial charge in [-0.25, -0.2) is 12.7 Å². The summed E-state index contributed by atoms with van der Waals surface area (Å²) in [4.78, 5) is 13.6. The van der Waals surface area contributed by atoms with Crippen molar-refractivity contribution in [3.05, 3.63) is 65.7 Å². The Labute approximate surface area is 177 Å². The van der Waals surface area contributed by atoms with Crippen LogP contribution in [0.2, 0.25) is 0 Å². The Hall–Kier alpha value is -1.83. The molecule has 7 heteroatoms. The molecule has 156 valence electrons. The van der Waals surface area contributed by atoms with Crippen LogP contribution in [-0.2, 0) is 20.6 Å². The average Bonchev–Trinajstić information content (AvgIpc) is 2.73. The number of aryl methyl sites for hydroxylation is 1. The fourth-order valence-electron chi connectivity index (χ4n) is 3.39. The Balaban J connectivity index is 1.40. The summed E-state index contributed by atoms with van der Waals surface area (Å²) in [6, 6.07) is 17.7. The Bertz CT molecular complexity index is 891. The zero-order valence-electron chi connectivity index (χ0n) is 16.7. The van der Waals surface area contributed by atoms with Gasteiger partial charge in [0, 0.05) is 36.2 Å². The Kier molecular flexibility index (Phi) is 7.75. The maximum atomic E-state index is 12.7. The first kappa shape index (κ1) is 21.9. The van der Waals surface area contributed by atoms with Gasteiger partial charge in [0.1, 0.15) is 0 Å². The minimum Gasteiger partial charge on any atom is -0.355 e. The van der Waals surface area contributed by atoms with Crippen LogP contribution in [0.1, 0.15) is 24.0 Å². The van der Waals surface area contributed by atoms with Gasteiger partial charge in [0.05, 0.1) is 5.75 Å². The number of amides is 1. The summed E-state index contributed by atoms with van der Waals surface area (Å²) < 4.78 is 26.9. The number of benzene rings is 2. The van der Waals surface area contributed by atoms with Gasteiger partial charge in [0.25, 0.3) is 0 Å². The van der Waals surface area contributed by atoms with Gasteiger partial charge in [0.15, 0.2) is 0 Å². The number of sulfonamides is 1. The second kappa shape index (κ2) is 10.3.